The first-order valence-corrected chi connectivity index (χ1v) is 8.37. The van der Waals surface area contributed by atoms with Gasteiger partial charge in [0.1, 0.15) is 0 Å². The molecule has 0 aliphatic heterocycles. The van der Waals surface area contributed by atoms with E-state index in [2.05, 4.69) is 5.32 Å². The number of rotatable bonds is 5. The van der Waals surface area contributed by atoms with Crippen molar-refractivity contribution in [3.63, 3.8) is 0 Å². The van der Waals surface area contributed by atoms with E-state index in [-0.39, 0.29) is 17.7 Å². The van der Waals surface area contributed by atoms with Gasteiger partial charge < -0.3 is 11.1 Å². The molecule has 2 aromatic rings. The molecule has 0 aromatic heterocycles. The molecule has 0 spiro atoms. The van der Waals surface area contributed by atoms with Crippen LogP contribution in [0.1, 0.15) is 23.5 Å². The van der Waals surface area contributed by atoms with Crippen LogP contribution in [0.2, 0.25) is 10.0 Å². The molecule has 0 saturated heterocycles. The highest BCUT2D eigenvalue weighted by atomic mass is 35.5. The summed E-state index contributed by atoms with van der Waals surface area (Å²) in [5, 5.41) is 4.09. The molecule has 1 aliphatic rings. The van der Waals surface area contributed by atoms with E-state index in [4.69, 9.17) is 28.9 Å². The zero-order valence-electron chi connectivity index (χ0n) is 12.6. The first-order chi connectivity index (χ1) is 11.0. The summed E-state index contributed by atoms with van der Waals surface area (Å²) >= 11 is 12.0. The van der Waals surface area contributed by atoms with E-state index in [0.717, 1.165) is 29.7 Å². The standard InChI is InChI=1S/C18H18Cl2N2O/c19-16-6-3-12(9-17(16)20)14-10-15(14)18(23)22-8-7-11-1-4-13(21)5-2-11/h1-6,9,14-15H,7-8,10,21H2,(H,22,23). The normalized spacial score (nSPS) is 19.4. The third-order valence-corrected chi connectivity index (χ3v) is 4.93. The summed E-state index contributed by atoms with van der Waals surface area (Å²) in [5.74, 6) is 0.400. The van der Waals surface area contributed by atoms with Crippen LogP contribution in [0.5, 0.6) is 0 Å². The van der Waals surface area contributed by atoms with Crippen LogP contribution >= 0.6 is 23.2 Å². The Morgan fingerprint density at radius 2 is 1.87 bits per heavy atom. The van der Waals surface area contributed by atoms with Crippen LogP contribution in [0.25, 0.3) is 0 Å². The highest BCUT2D eigenvalue weighted by Gasteiger charge is 2.43. The topological polar surface area (TPSA) is 55.1 Å². The molecule has 0 heterocycles. The van der Waals surface area contributed by atoms with Gasteiger partial charge >= 0.3 is 0 Å². The average Bonchev–Trinajstić information content (AvgIpc) is 3.32. The molecule has 3 rings (SSSR count). The van der Waals surface area contributed by atoms with E-state index < -0.39 is 0 Å². The lowest BCUT2D eigenvalue weighted by Gasteiger charge is -2.06. The molecule has 1 fully saturated rings. The van der Waals surface area contributed by atoms with Crippen molar-refractivity contribution < 1.29 is 4.79 Å². The molecule has 1 saturated carbocycles. The summed E-state index contributed by atoms with van der Waals surface area (Å²) in [5.41, 5.74) is 8.65. The maximum absolute atomic E-state index is 12.2. The van der Waals surface area contributed by atoms with E-state index in [1.54, 1.807) is 6.07 Å². The molecular weight excluding hydrogens is 331 g/mol. The first kappa shape index (κ1) is 16.2. The second-order valence-corrected chi connectivity index (χ2v) is 6.72. The van der Waals surface area contributed by atoms with Crippen molar-refractivity contribution in [1.82, 2.24) is 5.32 Å². The minimum Gasteiger partial charge on any atom is -0.399 e. The van der Waals surface area contributed by atoms with Crippen LogP contribution in [0.15, 0.2) is 42.5 Å². The number of hydrogen-bond acceptors (Lipinski definition) is 2. The van der Waals surface area contributed by atoms with E-state index in [0.29, 0.717) is 16.6 Å². The van der Waals surface area contributed by atoms with Gasteiger partial charge in [-0.05, 0) is 54.2 Å². The monoisotopic (exact) mass is 348 g/mol. The van der Waals surface area contributed by atoms with Crippen molar-refractivity contribution in [2.75, 3.05) is 12.3 Å². The number of nitrogens with two attached hydrogens (primary N) is 1. The van der Waals surface area contributed by atoms with Crippen LogP contribution in [-0.4, -0.2) is 12.5 Å². The predicted octanol–water partition coefficient (Wildman–Crippen LogP) is 4.04. The Morgan fingerprint density at radius 1 is 1.13 bits per heavy atom. The van der Waals surface area contributed by atoms with Crippen molar-refractivity contribution in [2.24, 2.45) is 5.92 Å². The van der Waals surface area contributed by atoms with Crippen LogP contribution in [0, 0.1) is 5.92 Å². The smallest absolute Gasteiger partial charge is 0.223 e. The Balaban J connectivity index is 1.48. The lowest BCUT2D eigenvalue weighted by atomic mass is 10.1. The summed E-state index contributed by atoms with van der Waals surface area (Å²) < 4.78 is 0. The molecule has 2 aromatic carbocycles. The number of benzene rings is 2. The number of nitrogens with one attached hydrogen (secondary N) is 1. The van der Waals surface area contributed by atoms with Crippen LogP contribution in [0.4, 0.5) is 5.69 Å². The van der Waals surface area contributed by atoms with E-state index in [1.165, 1.54) is 0 Å². The minimum absolute atomic E-state index is 0.0404. The Labute approximate surface area is 145 Å². The summed E-state index contributed by atoms with van der Waals surface area (Å²) in [7, 11) is 0. The fourth-order valence-electron chi connectivity index (χ4n) is 2.74. The fraction of sp³-hybridized carbons (Fsp3) is 0.278. The predicted molar refractivity (Wildman–Crippen MR) is 94.9 cm³/mol. The molecule has 3 nitrogen and oxygen atoms in total. The van der Waals surface area contributed by atoms with Crippen LogP contribution < -0.4 is 11.1 Å². The molecule has 0 bridgehead atoms. The number of hydrogen-bond donors (Lipinski definition) is 2. The number of carbonyl (C=O) groups excluding carboxylic acids is 1. The quantitative estimate of drug-likeness (QED) is 0.801. The van der Waals surface area contributed by atoms with Gasteiger partial charge in [0.2, 0.25) is 5.91 Å². The molecule has 3 N–H and O–H groups in total. The molecule has 2 unspecified atom stereocenters. The molecule has 1 aliphatic carbocycles. The minimum atomic E-state index is 0.0404. The van der Waals surface area contributed by atoms with Gasteiger partial charge in [0.15, 0.2) is 0 Å². The maximum atomic E-state index is 12.2. The van der Waals surface area contributed by atoms with E-state index >= 15 is 0 Å². The van der Waals surface area contributed by atoms with Gasteiger partial charge in [0, 0.05) is 18.2 Å². The van der Waals surface area contributed by atoms with Crippen molar-refractivity contribution in [1.29, 1.82) is 0 Å². The molecular formula is C18H18Cl2N2O. The SMILES string of the molecule is Nc1ccc(CCNC(=O)C2CC2c2ccc(Cl)c(Cl)c2)cc1. The van der Waals surface area contributed by atoms with Crippen LogP contribution in [-0.2, 0) is 11.2 Å². The largest absolute Gasteiger partial charge is 0.399 e. The van der Waals surface area contributed by atoms with Gasteiger partial charge in [-0.25, -0.2) is 0 Å². The number of nitrogen functional groups attached to an aromatic ring is 1. The summed E-state index contributed by atoms with van der Waals surface area (Å²) in [6.07, 6.45) is 1.67. The number of carbonyl (C=O) groups is 1. The van der Waals surface area contributed by atoms with Gasteiger partial charge in [-0.3, -0.25) is 4.79 Å². The number of anilines is 1. The zero-order valence-corrected chi connectivity index (χ0v) is 14.1. The molecule has 120 valence electrons. The van der Waals surface area contributed by atoms with Gasteiger partial charge in [-0.1, -0.05) is 41.4 Å². The van der Waals surface area contributed by atoms with Crippen molar-refractivity contribution in [3.8, 4) is 0 Å². The third-order valence-electron chi connectivity index (χ3n) is 4.19. The first-order valence-electron chi connectivity index (χ1n) is 7.61. The third kappa shape index (κ3) is 3.98. The summed E-state index contributed by atoms with van der Waals surface area (Å²) in [6, 6.07) is 13.3. The lowest BCUT2D eigenvalue weighted by Crippen LogP contribution is -2.27. The van der Waals surface area contributed by atoms with Crippen LogP contribution in [0.3, 0.4) is 0 Å². The molecule has 5 heteroatoms. The van der Waals surface area contributed by atoms with E-state index in [9.17, 15) is 4.79 Å². The molecule has 2 atom stereocenters. The number of amides is 1. The van der Waals surface area contributed by atoms with Gasteiger partial charge in [-0.15, -0.1) is 0 Å². The Hall–Kier alpha value is -1.71. The Kier molecular flexibility index (Phi) is 4.79. The van der Waals surface area contributed by atoms with E-state index in [1.807, 2.05) is 36.4 Å². The highest BCUT2D eigenvalue weighted by molar-refractivity contribution is 6.42. The second-order valence-electron chi connectivity index (χ2n) is 5.90. The molecule has 0 radical (unpaired) electrons. The Bertz CT molecular complexity index is 715. The molecule has 23 heavy (non-hydrogen) atoms. The zero-order chi connectivity index (χ0) is 16.4. The van der Waals surface area contributed by atoms with Gasteiger partial charge in [0.05, 0.1) is 10.0 Å². The summed E-state index contributed by atoms with van der Waals surface area (Å²) in [6.45, 7) is 0.632. The van der Waals surface area contributed by atoms with Crippen molar-refractivity contribution in [2.45, 2.75) is 18.8 Å². The molecule has 1 amide bonds. The lowest BCUT2D eigenvalue weighted by molar-refractivity contribution is -0.122. The van der Waals surface area contributed by atoms with Gasteiger partial charge in [-0.2, -0.15) is 0 Å². The number of halogens is 2. The van der Waals surface area contributed by atoms with Crippen molar-refractivity contribution in [3.05, 3.63) is 63.6 Å². The fourth-order valence-corrected chi connectivity index (χ4v) is 3.05. The van der Waals surface area contributed by atoms with Crippen molar-refractivity contribution >= 4 is 34.8 Å². The average molecular weight is 349 g/mol. The Morgan fingerprint density at radius 3 is 2.57 bits per heavy atom. The van der Waals surface area contributed by atoms with Gasteiger partial charge in [0.25, 0.3) is 0 Å². The maximum Gasteiger partial charge on any atom is 0.223 e. The second kappa shape index (κ2) is 6.81. The summed E-state index contributed by atoms with van der Waals surface area (Å²) in [4.78, 5) is 12.2. The highest BCUT2D eigenvalue weighted by Crippen LogP contribution is 2.48.